The van der Waals surface area contributed by atoms with Gasteiger partial charge in [0, 0.05) is 13.1 Å². The minimum Gasteiger partial charge on any atom is -0.464 e. The maximum absolute atomic E-state index is 5.96. The average molecular weight is 272 g/mol. The molecule has 0 aromatic carbocycles. The zero-order chi connectivity index (χ0) is 12.4. The Balaban J connectivity index is 2.19. The van der Waals surface area contributed by atoms with Crippen LogP contribution in [-0.2, 0) is 6.54 Å². The van der Waals surface area contributed by atoms with Crippen molar-refractivity contribution >= 4 is 28.9 Å². The van der Waals surface area contributed by atoms with Crippen molar-refractivity contribution < 1.29 is 4.42 Å². The SMILES string of the molecule is Cc1ccc(CN(C)c2cc(Cl)nnc2Cl)o1. The normalized spacial score (nSPS) is 10.6. The summed E-state index contributed by atoms with van der Waals surface area (Å²) in [6.07, 6.45) is 0. The first-order valence-electron chi connectivity index (χ1n) is 5.01. The molecular weight excluding hydrogens is 261 g/mol. The maximum Gasteiger partial charge on any atom is 0.175 e. The number of aromatic nitrogens is 2. The van der Waals surface area contributed by atoms with Gasteiger partial charge in [0.1, 0.15) is 11.5 Å². The Morgan fingerprint density at radius 3 is 2.71 bits per heavy atom. The number of rotatable bonds is 3. The quantitative estimate of drug-likeness (QED) is 0.859. The van der Waals surface area contributed by atoms with Crippen molar-refractivity contribution in [1.29, 1.82) is 0 Å². The summed E-state index contributed by atoms with van der Waals surface area (Å²) in [5.74, 6) is 1.74. The molecule has 4 nitrogen and oxygen atoms in total. The van der Waals surface area contributed by atoms with Crippen LogP contribution in [0.2, 0.25) is 10.3 Å². The topological polar surface area (TPSA) is 42.2 Å². The van der Waals surface area contributed by atoms with Gasteiger partial charge in [0.2, 0.25) is 0 Å². The van der Waals surface area contributed by atoms with Gasteiger partial charge >= 0.3 is 0 Å². The number of hydrogen-bond acceptors (Lipinski definition) is 4. The van der Waals surface area contributed by atoms with Gasteiger partial charge in [-0.15, -0.1) is 10.2 Å². The first-order chi connectivity index (χ1) is 8.06. The molecule has 0 saturated heterocycles. The van der Waals surface area contributed by atoms with Crippen LogP contribution in [0.25, 0.3) is 0 Å². The summed E-state index contributed by atoms with van der Waals surface area (Å²) in [4.78, 5) is 1.90. The van der Waals surface area contributed by atoms with E-state index in [9.17, 15) is 0 Å². The van der Waals surface area contributed by atoms with Gasteiger partial charge < -0.3 is 9.32 Å². The van der Waals surface area contributed by atoms with E-state index in [1.807, 2.05) is 31.0 Å². The minimum absolute atomic E-state index is 0.312. The lowest BCUT2D eigenvalue weighted by molar-refractivity contribution is 0.481. The molecule has 2 heterocycles. The van der Waals surface area contributed by atoms with E-state index in [0.29, 0.717) is 16.9 Å². The second-order valence-corrected chi connectivity index (χ2v) is 4.46. The standard InChI is InChI=1S/C11H11Cl2N3O/c1-7-3-4-8(17-7)6-16(2)9-5-10(12)14-15-11(9)13/h3-5H,6H2,1-2H3. The summed E-state index contributed by atoms with van der Waals surface area (Å²) in [5.41, 5.74) is 0.723. The van der Waals surface area contributed by atoms with Gasteiger partial charge in [-0.2, -0.15) is 0 Å². The lowest BCUT2D eigenvalue weighted by atomic mass is 10.3. The summed E-state index contributed by atoms with van der Waals surface area (Å²) in [7, 11) is 1.89. The monoisotopic (exact) mass is 271 g/mol. The lowest BCUT2D eigenvalue weighted by Crippen LogP contribution is -2.17. The second-order valence-electron chi connectivity index (χ2n) is 3.71. The highest BCUT2D eigenvalue weighted by Gasteiger charge is 2.11. The lowest BCUT2D eigenvalue weighted by Gasteiger charge is -2.18. The van der Waals surface area contributed by atoms with E-state index < -0.39 is 0 Å². The fourth-order valence-electron chi connectivity index (χ4n) is 1.50. The van der Waals surface area contributed by atoms with Crippen molar-refractivity contribution in [1.82, 2.24) is 10.2 Å². The van der Waals surface area contributed by atoms with Crippen LogP contribution in [0.15, 0.2) is 22.6 Å². The highest BCUT2D eigenvalue weighted by Crippen LogP contribution is 2.25. The van der Waals surface area contributed by atoms with Gasteiger partial charge in [-0.3, -0.25) is 0 Å². The molecule has 0 atom stereocenters. The minimum atomic E-state index is 0.312. The number of hydrogen-bond donors (Lipinski definition) is 0. The third-order valence-corrected chi connectivity index (χ3v) is 2.75. The van der Waals surface area contributed by atoms with Crippen molar-refractivity contribution in [2.75, 3.05) is 11.9 Å². The molecule has 6 heteroatoms. The molecule has 0 bridgehead atoms. The van der Waals surface area contributed by atoms with Crippen molar-refractivity contribution in [3.63, 3.8) is 0 Å². The van der Waals surface area contributed by atoms with Crippen LogP contribution in [-0.4, -0.2) is 17.2 Å². The van der Waals surface area contributed by atoms with Crippen LogP contribution in [0.4, 0.5) is 5.69 Å². The zero-order valence-electron chi connectivity index (χ0n) is 9.44. The Morgan fingerprint density at radius 2 is 2.06 bits per heavy atom. The third-order valence-electron chi connectivity index (χ3n) is 2.30. The Hall–Kier alpha value is -1.26. The van der Waals surface area contributed by atoms with Crippen LogP contribution in [0.1, 0.15) is 11.5 Å². The highest BCUT2D eigenvalue weighted by molar-refractivity contribution is 6.33. The molecule has 0 radical (unpaired) electrons. The zero-order valence-corrected chi connectivity index (χ0v) is 11.0. The van der Waals surface area contributed by atoms with E-state index in [1.165, 1.54) is 0 Å². The first-order valence-corrected chi connectivity index (χ1v) is 5.77. The summed E-state index contributed by atoms with van der Waals surface area (Å²) in [6, 6.07) is 5.52. The Morgan fingerprint density at radius 1 is 1.29 bits per heavy atom. The molecule has 0 aliphatic heterocycles. The molecule has 90 valence electrons. The van der Waals surface area contributed by atoms with Crippen molar-refractivity contribution in [2.45, 2.75) is 13.5 Å². The number of furan rings is 1. The van der Waals surface area contributed by atoms with E-state index in [2.05, 4.69) is 10.2 Å². The van der Waals surface area contributed by atoms with Crippen LogP contribution in [0, 0.1) is 6.92 Å². The van der Waals surface area contributed by atoms with Crippen LogP contribution in [0.3, 0.4) is 0 Å². The Kier molecular flexibility index (Phi) is 3.54. The van der Waals surface area contributed by atoms with E-state index in [-0.39, 0.29) is 0 Å². The second kappa shape index (κ2) is 4.94. The average Bonchev–Trinajstić information content (AvgIpc) is 2.67. The predicted octanol–water partition coefficient (Wildman–Crippen LogP) is 3.32. The number of anilines is 1. The molecule has 2 rings (SSSR count). The van der Waals surface area contributed by atoms with Crippen molar-refractivity contribution in [3.8, 4) is 0 Å². The molecule has 0 saturated carbocycles. The summed E-state index contributed by atoms with van der Waals surface area (Å²) < 4.78 is 5.49. The predicted molar refractivity (Wildman–Crippen MR) is 67.6 cm³/mol. The van der Waals surface area contributed by atoms with Crippen LogP contribution >= 0.6 is 23.2 Å². The van der Waals surface area contributed by atoms with Crippen molar-refractivity contribution in [2.24, 2.45) is 0 Å². The maximum atomic E-state index is 5.96. The van der Waals surface area contributed by atoms with E-state index in [4.69, 9.17) is 27.6 Å². The summed E-state index contributed by atoms with van der Waals surface area (Å²) in [6.45, 7) is 2.50. The van der Waals surface area contributed by atoms with Gasteiger partial charge in [-0.25, -0.2) is 0 Å². The Bertz CT molecular complexity index is 527. The number of aryl methyl sites for hydroxylation is 1. The fourth-order valence-corrected chi connectivity index (χ4v) is 1.88. The van der Waals surface area contributed by atoms with Gasteiger partial charge in [0.15, 0.2) is 10.3 Å². The first kappa shape index (κ1) is 12.2. The largest absolute Gasteiger partial charge is 0.464 e. The van der Waals surface area contributed by atoms with E-state index in [1.54, 1.807) is 6.07 Å². The summed E-state index contributed by atoms with van der Waals surface area (Å²) in [5, 5.41) is 8.06. The number of halogens is 2. The van der Waals surface area contributed by atoms with Crippen LogP contribution < -0.4 is 4.90 Å². The van der Waals surface area contributed by atoms with Crippen molar-refractivity contribution in [3.05, 3.63) is 40.0 Å². The molecule has 17 heavy (non-hydrogen) atoms. The van der Waals surface area contributed by atoms with Gasteiger partial charge in [-0.1, -0.05) is 23.2 Å². The van der Waals surface area contributed by atoms with Crippen LogP contribution in [0.5, 0.6) is 0 Å². The highest BCUT2D eigenvalue weighted by atomic mass is 35.5. The smallest absolute Gasteiger partial charge is 0.175 e. The molecule has 0 aliphatic rings. The molecule has 0 fully saturated rings. The third kappa shape index (κ3) is 2.90. The molecule has 0 aliphatic carbocycles. The van der Waals surface area contributed by atoms with Gasteiger partial charge in [0.25, 0.3) is 0 Å². The van der Waals surface area contributed by atoms with Gasteiger partial charge in [0.05, 0.1) is 12.2 Å². The van der Waals surface area contributed by atoms with E-state index >= 15 is 0 Å². The molecule has 0 N–H and O–H groups in total. The number of nitrogens with zero attached hydrogens (tertiary/aromatic N) is 3. The molecular formula is C11H11Cl2N3O. The molecule has 0 amide bonds. The van der Waals surface area contributed by atoms with Gasteiger partial charge in [-0.05, 0) is 19.1 Å². The fraction of sp³-hybridized carbons (Fsp3) is 0.273. The Labute approximate surface area is 109 Å². The molecule has 0 unspecified atom stereocenters. The molecule has 2 aromatic rings. The molecule has 0 spiro atoms. The summed E-state index contributed by atoms with van der Waals surface area (Å²) >= 11 is 11.7. The van der Waals surface area contributed by atoms with E-state index in [0.717, 1.165) is 17.2 Å². The molecule has 2 aromatic heterocycles.